The summed E-state index contributed by atoms with van der Waals surface area (Å²) in [6.45, 7) is 0. The van der Waals surface area contributed by atoms with E-state index in [0.29, 0.717) is 21.8 Å². The summed E-state index contributed by atoms with van der Waals surface area (Å²) in [6.07, 6.45) is 6.38. The number of amides is 2. The summed E-state index contributed by atoms with van der Waals surface area (Å²) >= 11 is 1.21. The molecule has 0 saturated carbocycles. The maximum Gasteiger partial charge on any atom is 0.265 e. The van der Waals surface area contributed by atoms with Crippen molar-refractivity contribution in [2.24, 2.45) is 0 Å². The number of carbonyl (C=O) groups is 2. The first-order chi connectivity index (χ1) is 11.2. The van der Waals surface area contributed by atoms with Crippen molar-refractivity contribution < 1.29 is 9.59 Å². The van der Waals surface area contributed by atoms with E-state index in [-0.39, 0.29) is 11.8 Å². The van der Waals surface area contributed by atoms with E-state index in [0.717, 1.165) is 0 Å². The van der Waals surface area contributed by atoms with Gasteiger partial charge in [-0.2, -0.15) is 0 Å². The molecule has 2 amide bonds. The predicted octanol–water partition coefficient (Wildman–Crippen LogP) is 3.04. The minimum atomic E-state index is -0.268. The molecule has 0 aliphatic heterocycles. The highest BCUT2D eigenvalue weighted by Crippen LogP contribution is 2.18. The number of rotatable bonds is 4. The molecule has 0 aliphatic rings. The largest absolute Gasteiger partial charge is 0.322 e. The van der Waals surface area contributed by atoms with Crippen molar-refractivity contribution in [3.8, 4) is 0 Å². The molecule has 23 heavy (non-hydrogen) atoms. The topological polar surface area (TPSA) is 84.0 Å². The van der Waals surface area contributed by atoms with Gasteiger partial charge in [-0.3, -0.25) is 19.6 Å². The standard InChI is InChI=1S/C16H12N4O2S/c21-15(19-12-1-5-17-6-2-12)11-9-14(23-10-11)16(22)20-13-3-7-18-8-4-13/h1-10H,(H,17,19,21)(H,18,20,22). The number of nitrogens with one attached hydrogen (secondary N) is 2. The van der Waals surface area contributed by atoms with E-state index < -0.39 is 0 Å². The van der Waals surface area contributed by atoms with Crippen LogP contribution in [0.15, 0.2) is 60.5 Å². The lowest BCUT2D eigenvalue weighted by molar-refractivity contribution is 0.102. The molecule has 0 saturated heterocycles. The van der Waals surface area contributed by atoms with Gasteiger partial charge in [-0.1, -0.05) is 0 Å². The normalized spacial score (nSPS) is 10.1. The molecule has 0 aromatic carbocycles. The lowest BCUT2D eigenvalue weighted by Gasteiger charge is -2.03. The summed E-state index contributed by atoms with van der Waals surface area (Å²) < 4.78 is 0. The molecule has 2 N–H and O–H groups in total. The third-order valence-corrected chi connectivity index (χ3v) is 3.89. The van der Waals surface area contributed by atoms with Gasteiger partial charge in [0.05, 0.1) is 10.4 Å². The van der Waals surface area contributed by atoms with E-state index in [1.54, 1.807) is 60.5 Å². The Morgan fingerprint density at radius 2 is 1.35 bits per heavy atom. The number of carbonyl (C=O) groups excluding carboxylic acids is 2. The van der Waals surface area contributed by atoms with E-state index in [4.69, 9.17) is 0 Å². The van der Waals surface area contributed by atoms with Crippen molar-refractivity contribution in [2.45, 2.75) is 0 Å². The lowest BCUT2D eigenvalue weighted by Crippen LogP contribution is -2.12. The summed E-state index contributed by atoms with van der Waals surface area (Å²) in [6, 6.07) is 8.35. The maximum absolute atomic E-state index is 12.1. The highest BCUT2D eigenvalue weighted by atomic mass is 32.1. The second kappa shape index (κ2) is 6.80. The molecule has 0 atom stereocenters. The van der Waals surface area contributed by atoms with Gasteiger partial charge in [0.1, 0.15) is 0 Å². The molecule has 114 valence electrons. The molecule has 6 nitrogen and oxygen atoms in total. The van der Waals surface area contributed by atoms with Crippen LogP contribution in [0, 0.1) is 0 Å². The fourth-order valence-corrected chi connectivity index (χ4v) is 2.62. The molecule has 0 unspecified atom stereocenters. The molecular weight excluding hydrogens is 312 g/mol. The Bertz CT molecular complexity index is 750. The molecule has 3 aromatic rings. The fraction of sp³-hybridized carbons (Fsp3) is 0. The van der Waals surface area contributed by atoms with Crippen molar-refractivity contribution in [3.05, 3.63) is 70.9 Å². The van der Waals surface area contributed by atoms with Gasteiger partial charge in [0, 0.05) is 41.5 Å². The number of pyridine rings is 2. The number of thiophene rings is 1. The minimum Gasteiger partial charge on any atom is -0.322 e. The van der Waals surface area contributed by atoms with Crippen molar-refractivity contribution in [3.63, 3.8) is 0 Å². The summed E-state index contributed by atoms with van der Waals surface area (Å²) in [5, 5.41) is 7.15. The number of anilines is 2. The molecule has 0 fully saturated rings. The second-order valence-corrected chi connectivity index (χ2v) is 5.49. The second-order valence-electron chi connectivity index (χ2n) is 4.58. The number of hydrogen-bond donors (Lipinski definition) is 2. The van der Waals surface area contributed by atoms with Crippen molar-refractivity contribution in [1.29, 1.82) is 0 Å². The van der Waals surface area contributed by atoms with Crippen LogP contribution in [0.5, 0.6) is 0 Å². The Morgan fingerprint density at radius 3 is 1.91 bits per heavy atom. The molecule has 0 spiro atoms. The summed E-state index contributed by atoms with van der Waals surface area (Å²) in [7, 11) is 0. The number of aromatic nitrogens is 2. The Kier molecular flexibility index (Phi) is 4.39. The monoisotopic (exact) mass is 324 g/mol. The average Bonchev–Trinajstić information content (AvgIpc) is 3.07. The zero-order chi connectivity index (χ0) is 16.1. The van der Waals surface area contributed by atoms with Crippen LogP contribution < -0.4 is 10.6 Å². The van der Waals surface area contributed by atoms with Crippen molar-refractivity contribution >= 4 is 34.5 Å². The summed E-state index contributed by atoms with van der Waals surface area (Å²) in [5.74, 6) is -0.528. The van der Waals surface area contributed by atoms with Crippen LogP contribution in [-0.2, 0) is 0 Å². The Hall–Kier alpha value is -3.06. The lowest BCUT2D eigenvalue weighted by atomic mass is 10.2. The Morgan fingerprint density at radius 1 is 0.826 bits per heavy atom. The van der Waals surface area contributed by atoms with Gasteiger partial charge in [0.2, 0.25) is 0 Å². The van der Waals surface area contributed by atoms with E-state index >= 15 is 0 Å². The first kappa shape index (κ1) is 14.9. The van der Waals surface area contributed by atoms with Gasteiger partial charge in [0.15, 0.2) is 0 Å². The predicted molar refractivity (Wildman–Crippen MR) is 88.7 cm³/mol. The highest BCUT2D eigenvalue weighted by Gasteiger charge is 2.14. The first-order valence-corrected chi connectivity index (χ1v) is 7.61. The van der Waals surface area contributed by atoms with Crippen LogP contribution in [0.3, 0.4) is 0 Å². The number of nitrogens with zero attached hydrogens (tertiary/aromatic N) is 2. The van der Waals surface area contributed by atoms with Gasteiger partial charge in [0.25, 0.3) is 11.8 Å². The third kappa shape index (κ3) is 3.78. The summed E-state index contributed by atoms with van der Waals surface area (Å²) in [5.41, 5.74) is 1.74. The quantitative estimate of drug-likeness (QED) is 0.772. The van der Waals surface area contributed by atoms with Gasteiger partial charge in [-0.25, -0.2) is 0 Å². The van der Waals surface area contributed by atoms with Crippen LogP contribution in [0.4, 0.5) is 11.4 Å². The van der Waals surface area contributed by atoms with Gasteiger partial charge < -0.3 is 10.6 Å². The van der Waals surface area contributed by atoms with E-state index in [1.165, 1.54) is 11.3 Å². The van der Waals surface area contributed by atoms with Crippen molar-refractivity contribution in [1.82, 2.24) is 9.97 Å². The van der Waals surface area contributed by atoms with E-state index in [9.17, 15) is 9.59 Å². The molecule has 0 radical (unpaired) electrons. The molecular formula is C16H12N4O2S. The first-order valence-electron chi connectivity index (χ1n) is 6.73. The molecule has 3 aromatic heterocycles. The zero-order valence-corrected chi connectivity index (χ0v) is 12.7. The third-order valence-electron chi connectivity index (χ3n) is 2.96. The van der Waals surface area contributed by atoms with Gasteiger partial charge in [-0.05, 0) is 30.3 Å². The molecule has 3 heterocycles. The molecule has 0 aliphatic carbocycles. The van der Waals surface area contributed by atoms with Crippen LogP contribution in [-0.4, -0.2) is 21.8 Å². The molecule has 0 bridgehead atoms. The van der Waals surface area contributed by atoms with Crippen LogP contribution >= 0.6 is 11.3 Å². The Labute approximate surface area is 136 Å². The van der Waals surface area contributed by atoms with E-state index in [2.05, 4.69) is 20.6 Å². The molecule has 3 rings (SSSR count). The van der Waals surface area contributed by atoms with Crippen LogP contribution in [0.25, 0.3) is 0 Å². The van der Waals surface area contributed by atoms with Crippen LogP contribution in [0.1, 0.15) is 20.0 Å². The van der Waals surface area contributed by atoms with Gasteiger partial charge >= 0.3 is 0 Å². The Balaban J connectivity index is 1.68. The van der Waals surface area contributed by atoms with Gasteiger partial charge in [-0.15, -0.1) is 11.3 Å². The zero-order valence-electron chi connectivity index (χ0n) is 11.9. The smallest absolute Gasteiger partial charge is 0.265 e. The highest BCUT2D eigenvalue weighted by molar-refractivity contribution is 7.12. The SMILES string of the molecule is O=C(Nc1ccncc1)c1csc(C(=O)Nc2ccncc2)c1. The molecule has 7 heteroatoms. The maximum atomic E-state index is 12.1. The van der Waals surface area contributed by atoms with Crippen LogP contribution in [0.2, 0.25) is 0 Å². The minimum absolute atomic E-state index is 0.260. The average molecular weight is 324 g/mol. The number of hydrogen-bond acceptors (Lipinski definition) is 5. The van der Waals surface area contributed by atoms with E-state index in [1.807, 2.05) is 0 Å². The fourth-order valence-electron chi connectivity index (χ4n) is 1.84. The summed E-state index contributed by atoms with van der Waals surface area (Å²) in [4.78, 5) is 32.5. The van der Waals surface area contributed by atoms with Crippen molar-refractivity contribution in [2.75, 3.05) is 10.6 Å².